The molecule has 0 fully saturated rings. The van der Waals surface area contributed by atoms with Crippen molar-refractivity contribution < 1.29 is 9.59 Å². The Labute approximate surface area is 150 Å². The van der Waals surface area contributed by atoms with Crippen molar-refractivity contribution in [3.8, 4) is 0 Å². The first-order chi connectivity index (χ1) is 12.1. The summed E-state index contributed by atoms with van der Waals surface area (Å²) in [5, 5.41) is 3.19. The van der Waals surface area contributed by atoms with Crippen LogP contribution < -0.4 is 5.32 Å². The van der Waals surface area contributed by atoms with E-state index in [-0.39, 0.29) is 5.92 Å². The van der Waals surface area contributed by atoms with E-state index in [9.17, 15) is 9.59 Å². The highest BCUT2D eigenvalue weighted by molar-refractivity contribution is 6.31. The molecular formula is C18H17ClN4O2. The normalized spacial score (nSPS) is 20.5. The number of halogens is 1. The molecule has 7 heteroatoms. The SMILES string of the molecule is CCCN1C(=O)N=C2C=CC=CC2/C1=N/C(=O)Nc1cccc(Cl)c1. The second-order valence-electron chi connectivity index (χ2n) is 5.60. The fraction of sp³-hybridized carbons (Fsp3) is 0.222. The fourth-order valence-electron chi connectivity index (χ4n) is 2.68. The van der Waals surface area contributed by atoms with Gasteiger partial charge in [-0.05, 0) is 30.7 Å². The van der Waals surface area contributed by atoms with Crippen LogP contribution in [0.2, 0.25) is 5.02 Å². The molecule has 1 N–H and O–H groups in total. The molecule has 3 rings (SSSR count). The Balaban J connectivity index is 1.90. The van der Waals surface area contributed by atoms with Crippen LogP contribution in [-0.2, 0) is 0 Å². The van der Waals surface area contributed by atoms with Crippen LogP contribution in [0.15, 0.2) is 58.6 Å². The second kappa shape index (κ2) is 7.44. The number of nitrogens with one attached hydrogen (secondary N) is 1. The zero-order valence-corrected chi connectivity index (χ0v) is 14.4. The van der Waals surface area contributed by atoms with Gasteiger partial charge in [0, 0.05) is 17.3 Å². The van der Waals surface area contributed by atoms with Gasteiger partial charge in [0.15, 0.2) is 0 Å². The van der Waals surface area contributed by atoms with E-state index in [0.29, 0.717) is 28.8 Å². The van der Waals surface area contributed by atoms with E-state index < -0.39 is 12.1 Å². The van der Waals surface area contributed by atoms with Crippen LogP contribution >= 0.6 is 11.6 Å². The number of rotatable bonds is 3. The number of amidine groups is 1. The second-order valence-corrected chi connectivity index (χ2v) is 6.04. The van der Waals surface area contributed by atoms with Crippen LogP contribution in [0.1, 0.15) is 13.3 Å². The minimum absolute atomic E-state index is 0.306. The van der Waals surface area contributed by atoms with Gasteiger partial charge in [0.05, 0.1) is 11.6 Å². The molecule has 1 aromatic carbocycles. The zero-order valence-electron chi connectivity index (χ0n) is 13.6. The zero-order chi connectivity index (χ0) is 17.8. The van der Waals surface area contributed by atoms with E-state index in [0.717, 1.165) is 6.42 Å². The number of nitrogens with zero attached hydrogens (tertiary/aromatic N) is 3. The van der Waals surface area contributed by atoms with Crippen LogP contribution in [-0.4, -0.2) is 35.1 Å². The summed E-state index contributed by atoms with van der Waals surface area (Å²) in [5.74, 6) is 0.0799. The predicted octanol–water partition coefficient (Wildman–Crippen LogP) is 4.30. The van der Waals surface area contributed by atoms with Crippen molar-refractivity contribution in [3.63, 3.8) is 0 Å². The summed E-state index contributed by atoms with van der Waals surface area (Å²) in [7, 11) is 0. The van der Waals surface area contributed by atoms with Crippen LogP contribution in [0.4, 0.5) is 15.3 Å². The third-order valence-corrected chi connectivity index (χ3v) is 3.98. The molecule has 1 atom stereocenters. The number of urea groups is 2. The number of allylic oxidation sites excluding steroid dienone is 3. The van der Waals surface area contributed by atoms with Gasteiger partial charge in [-0.2, -0.15) is 9.98 Å². The molecule has 0 bridgehead atoms. The van der Waals surface area contributed by atoms with E-state index >= 15 is 0 Å². The summed E-state index contributed by atoms with van der Waals surface area (Å²) in [6.45, 7) is 2.40. The van der Waals surface area contributed by atoms with Crippen molar-refractivity contribution in [2.45, 2.75) is 13.3 Å². The summed E-state index contributed by atoms with van der Waals surface area (Å²) in [5.41, 5.74) is 1.13. The topological polar surface area (TPSA) is 74.1 Å². The maximum Gasteiger partial charge on any atom is 0.349 e. The molecule has 4 amide bonds. The lowest BCUT2D eigenvalue weighted by Gasteiger charge is -2.31. The molecule has 1 aliphatic carbocycles. The van der Waals surface area contributed by atoms with Gasteiger partial charge in [0.2, 0.25) is 0 Å². The third-order valence-electron chi connectivity index (χ3n) is 3.75. The maximum absolute atomic E-state index is 12.4. The summed E-state index contributed by atoms with van der Waals surface area (Å²) in [6.07, 6.45) is 8.03. The standard InChI is InChI=1S/C18H17ClN4O2/c1-2-10-23-16(14-8-3-4-9-15(14)21-18(23)25)22-17(24)20-13-7-5-6-12(19)11-13/h3-9,11,14H,2,10H2,1H3,(H,20,24)/b22-16-. The van der Waals surface area contributed by atoms with Gasteiger partial charge in [0.1, 0.15) is 5.84 Å². The van der Waals surface area contributed by atoms with Gasteiger partial charge >= 0.3 is 12.1 Å². The fourth-order valence-corrected chi connectivity index (χ4v) is 2.87. The van der Waals surface area contributed by atoms with Crippen LogP contribution in [0.3, 0.4) is 0 Å². The number of amides is 4. The average molecular weight is 357 g/mol. The van der Waals surface area contributed by atoms with E-state index in [1.54, 1.807) is 30.3 Å². The molecule has 0 spiro atoms. The number of anilines is 1. The average Bonchev–Trinajstić information content (AvgIpc) is 2.58. The molecule has 1 heterocycles. The molecule has 1 aliphatic heterocycles. The molecule has 6 nitrogen and oxygen atoms in total. The highest BCUT2D eigenvalue weighted by Gasteiger charge is 2.33. The van der Waals surface area contributed by atoms with Crippen LogP contribution in [0, 0.1) is 5.92 Å². The number of benzene rings is 1. The Morgan fingerprint density at radius 1 is 1.40 bits per heavy atom. The van der Waals surface area contributed by atoms with Crippen molar-refractivity contribution >= 4 is 40.9 Å². The summed E-state index contributed by atoms with van der Waals surface area (Å²) in [6, 6.07) is 5.84. The van der Waals surface area contributed by atoms with Crippen molar-refractivity contribution in [1.82, 2.24) is 4.90 Å². The highest BCUT2D eigenvalue weighted by Crippen LogP contribution is 2.22. The first-order valence-electron chi connectivity index (χ1n) is 7.98. The smallest absolute Gasteiger partial charge is 0.306 e. The molecule has 128 valence electrons. The molecule has 0 saturated heterocycles. The van der Waals surface area contributed by atoms with Gasteiger partial charge in [-0.25, -0.2) is 9.59 Å². The van der Waals surface area contributed by atoms with Gasteiger partial charge < -0.3 is 5.32 Å². The summed E-state index contributed by atoms with van der Waals surface area (Å²) >= 11 is 5.92. The lowest BCUT2D eigenvalue weighted by Crippen LogP contribution is -2.47. The van der Waals surface area contributed by atoms with E-state index in [1.807, 2.05) is 25.2 Å². The first-order valence-corrected chi connectivity index (χ1v) is 8.36. The Morgan fingerprint density at radius 3 is 3.00 bits per heavy atom. The largest absolute Gasteiger partial charge is 0.349 e. The van der Waals surface area contributed by atoms with Gasteiger partial charge in [-0.15, -0.1) is 0 Å². The number of aliphatic imine (C=N–C) groups is 2. The Morgan fingerprint density at radius 2 is 2.24 bits per heavy atom. The number of fused-ring (bicyclic) bond motifs is 1. The van der Waals surface area contributed by atoms with Crippen LogP contribution in [0.5, 0.6) is 0 Å². The molecule has 1 aromatic rings. The van der Waals surface area contributed by atoms with Crippen molar-refractivity contribution in [1.29, 1.82) is 0 Å². The monoisotopic (exact) mass is 356 g/mol. The quantitative estimate of drug-likeness (QED) is 0.876. The number of carbonyl (C=O) groups is 2. The van der Waals surface area contributed by atoms with E-state index in [1.165, 1.54) is 4.90 Å². The molecule has 0 saturated carbocycles. The molecule has 0 aromatic heterocycles. The summed E-state index contributed by atoms with van der Waals surface area (Å²) < 4.78 is 0. The molecule has 25 heavy (non-hydrogen) atoms. The Hall–Kier alpha value is -2.73. The minimum Gasteiger partial charge on any atom is -0.306 e. The first kappa shape index (κ1) is 17.1. The van der Waals surface area contributed by atoms with Crippen LogP contribution in [0.25, 0.3) is 0 Å². The lowest BCUT2D eigenvalue weighted by atomic mass is 9.94. The molecule has 0 radical (unpaired) electrons. The number of hydrogen-bond acceptors (Lipinski definition) is 2. The Bertz CT molecular complexity index is 826. The van der Waals surface area contributed by atoms with E-state index in [2.05, 4.69) is 15.3 Å². The Kier molecular flexibility index (Phi) is 5.09. The molecular weight excluding hydrogens is 340 g/mol. The predicted molar refractivity (Wildman–Crippen MR) is 99.5 cm³/mol. The summed E-state index contributed by atoms with van der Waals surface area (Å²) in [4.78, 5) is 34.4. The highest BCUT2D eigenvalue weighted by atomic mass is 35.5. The lowest BCUT2D eigenvalue weighted by molar-refractivity contribution is 0.228. The van der Waals surface area contributed by atoms with Crippen molar-refractivity contribution in [2.24, 2.45) is 15.9 Å². The van der Waals surface area contributed by atoms with Gasteiger partial charge in [-0.1, -0.05) is 42.8 Å². The van der Waals surface area contributed by atoms with Crippen molar-refractivity contribution in [3.05, 3.63) is 53.6 Å². The number of carbonyl (C=O) groups excluding carboxylic acids is 2. The third kappa shape index (κ3) is 3.85. The minimum atomic E-state index is -0.560. The molecule has 2 aliphatic rings. The number of hydrogen-bond donors (Lipinski definition) is 1. The van der Waals surface area contributed by atoms with Gasteiger partial charge in [0.25, 0.3) is 0 Å². The van der Waals surface area contributed by atoms with Crippen molar-refractivity contribution in [2.75, 3.05) is 11.9 Å². The maximum atomic E-state index is 12.4. The molecule has 1 unspecified atom stereocenters. The van der Waals surface area contributed by atoms with E-state index in [4.69, 9.17) is 11.6 Å². The van der Waals surface area contributed by atoms with Gasteiger partial charge in [-0.3, -0.25) is 4.90 Å².